The predicted molar refractivity (Wildman–Crippen MR) is 109 cm³/mol. The van der Waals surface area contributed by atoms with E-state index in [-0.39, 0.29) is 11.9 Å². The van der Waals surface area contributed by atoms with Gasteiger partial charge in [0.2, 0.25) is 0 Å². The number of carbonyl (C=O) groups excluding carboxylic acids is 2. The summed E-state index contributed by atoms with van der Waals surface area (Å²) in [5.74, 6) is 0.290. The fourth-order valence-corrected chi connectivity index (χ4v) is 4.21. The van der Waals surface area contributed by atoms with Crippen LogP contribution in [0, 0.1) is 6.92 Å². The second-order valence-corrected chi connectivity index (χ2v) is 7.92. The summed E-state index contributed by atoms with van der Waals surface area (Å²) in [5.41, 5.74) is 3.89. The lowest BCUT2D eigenvalue weighted by Gasteiger charge is -2.44. The van der Waals surface area contributed by atoms with Crippen LogP contribution in [0.15, 0.2) is 48.5 Å². The third-order valence-electron chi connectivity index (χ3n) is 5.95. The SMILES string of the molecule is CCOC(=O)c1ccc(C(=O)N(C2CC2)C2CC(c3ccccc3C)C2)cc1. The number of carbonyl (C=O) groups is 2. The molecule has 0 saturated heterocycles. The van der Waals surface area contributed by atoms with E-state index in [4.69, 9.17) is 4.74 Å². The normalized spacial score (nSPS) is 20.9. The first-order valence-corrected chi connectivity index (χ1v) is 10.2. The van der Waals surface area contributed by atoms with Gasteiger partial charge in [-0.15, -0.1) is 0 Å². The van der Waals surface area contributed by atoms with Gasteiger partial charge in [-0.2, -0.15) is 0 Å². The number of rotatable bonds is 6. The van der Waals surface area contributed by atoms with E-state index in [2.05, 4.69) is 36.1 Å². The van der Waals surface area contributed by atoms with E-state index >= 15 is 0 Å². The van der Waals surface area contributed by atoms with Gasteiger partial charge in [0.05, 0.1) is 12.2 Å². The molecule has 0 radical (unpaired) electrons. The Hall–Kier alpha value is -2.62. The highest BCUT2D eigenvalue weighted by Crippen LogP contribution is 2.44. The lowest BCUT2D eigenvalue weighted by Crippen LogP contribution is -2.48. The molecule has 0 atom stereocenters. The lowest BCUT2D eigenvalue weighted by atomic mass is 9.73. The average Bonchev–Trinajstić information content (AvgIpc) is 3.50. The minimum absolute atomic E-state index is 0.0890. The van der Waals surface area contributed by atoms with Crippen LogP contribution in [0.1, 0.15) is 70.4 Å². The van der Waals surface area contributed by atoms with Crippen LogP contribution < -0.4 is 0 Å². The smallest absolute Gasteiger partial charge is 0.338 e. The van der Waals surface area contributed by atoms with Crippen LogP contribution in [0.4, 0.5) is 0 Å². The van der Waals surface area contributed by atoms with E-state index in [1.54, 1.807) is 31.2 Å². The Morgan fingerprint density at radius 3 is 2.21 bits per heavy atom. The van der Waals surface area contributed by atoms with E-state index in [0.29, 0.717) is 35.7 Å². The topological polar surface area (TPSA) is 46.6 Å². The Kier molecular flexibility index (Phi) is 5.21. The van der Waals surface area contributed by atoms with E-state index in [1.807, 2.05) is 0 Å². The van der Waals surface area contributed by atoms with Gasteiger partial charge in [-0.3, -0.25) is 4.79 Å². The summed E-state index contributed by atoms with van der Waals surface area (Å²) < 4.78 is 5.02. The van der Waals surface area contributed by atoms with Crippen LogP contribution in [0.2, 0.25) is 0 Å². The first-order chi connectivity index (χ1) is 13.6. The molecule has 1 amide bonds. The summed E-state index contributed by atoms with van der Waals surface area (Å²) in [7, 11) is 0. The minimum atomic E-state index is -0.347. The van der Waals surface area contributed by atoms with Gasteiger partial charge >= 0.3 is 5.97 Å². The Morgan fingerprint density at radius 1 is 0.964 bits per heavy atom. The van der Waals surface area contributed by atoms with Crippen LogP contribution in [0.25, 0.3) is 0 Å². The summed E-state index contributed by atoms with van der Waals surface area (Å²) in [6, 6.07) is 16.1. The summed E-state index contributed by atoms with van der Waals surface area (Å²) >= 11 is 0. The molecule has 2 aliphatic rings. The molecule has 0 aliphatic heterocycles. The van der Waals surface area contributed by atoms with Crippen LogP contribution in [-0.4, -0.2) is 35.5 Å². The summed E-state index contributed by atoms with van der Waals surface area (Å²) in [5, 5.41) is 0. The molecule has 146 valence electrons. The van der Waals surface area contributed by atoms with E-state index in [1.165, 1.54) is 11.1 Å². The molecule has 0 spiro atoms. The minimum Gasteiger partial charge on any atom is -0.462 e. The monoisotopic (exact) mass is 377 g/mol. The molecule has 2 saturated carbocycles. The molecule has 4 nitrogen and oxygen atoms in total. The Labute approximate surface area is 166 Å². The van der Waals surface area contributed by atoms with Crippen molar-refractivity contribution in [2.45, 2.75) is 57.5 Å². The van der Waals surface area contributed by atoms with Gasteiger partial charge in [0.1, 0.15) is 0 Å². The maximum atomic E-state index is 13.2. The zero-order valence-electron chi connectivity index (χ0n) is 16.6. The first kappa shape index (κ1) is 18.7. The quantitative estimate of drug-likeness (QED) is 0.684. The van der Waals surface area contributed by atoms with Gasteiger partial charge in [-0.1, -0.05) is 24.3 Å². The van der Waals surface area contributed by atoms with E-state index in [9.17, 15) is 9.59 Å². The number of aryl methyl sites for hydroxylation is 1. The Morgan fingerprint density at radius 2 is 1.61 bits per heavy atom. The molecule has 2 aliphatic carbocycles. The largest absolute Gasteiger partial charge is 0.462 e. The Bertz CT molecular complexity index is 864. The van der Waals surface area contributed by atoms with Crippen molar-refractivity contribution in [2.24, 2.45) is 0 Å². The fourth-order valence-electron chi connectivity index (χ4n) is 4.21. The number of esters is 1. The summed E-state index contributed by atoms with van der Waals surface area (Å²) in [6.45, 7) is 4.29. The second-order valence-electron chi connectivity index (χ2n) is 7.92. The molecular weight excluding hydrogens is 350 g/mol. The van der Waals surface area contributed by atoms with Crippen LogP contribution in [0.5, 0.6) is 0 Å². The van der Waals surface area contributed by atoms with Gasteiger partial charge in [0.25, 0.3) is 5.91 Å². The maximum Gasteiger partial charge on any atom is 0.338 e. The number of benzene rings is 2. The summed E-state index contributed by atoms with van der Waals surface area (Å²) in [4.78, 5) is 27.1. The highest BCUT2D eigenvalue weighted by molar-refractivity contribution is 5.96. The van der Waals surface area contributed by atoms with Crippen LogP contribution >= 0.6 is 0 Å². The second kappa shape index (κ2) is 7.78. The molecule has 0 N–H and O–H groups in total. The maximum absolute atomic E-state index is 13.2. The van der Waals surface area contributed by atoms with Gasteiger partial charge in [0, 0.05) is 17.6 Å². The van der Waals surface area contributed by atoms with Gasteiger partial charge in [-0.05, 0) is 80.8 Å². The van der Waals surface area contributed by atoms with Crippen molar-refractivity contribution in [3.8, 4) is 0 Å². The third-order valence-corrected chi connectivity index (χ3v) is 5.95. The number of nitrogens with zero attached hydrogens (tertiary/aromatic N) is 1. The average molecular weight is 377 g/mol. The van der Waals surface area contributed by atoms with Crippen molar-refractivity contribution in [1.82, 2.24) is 4.90 Å². The van der Waals surface area contributed by atoms with Crippen molar-refractivity contribution in [3.05, 3.63) is 70.8 Å². The van der Waals surface area contributed by atoms with E-state index in [0.717, 1.165) is 25.7 Å². The molecule has 0 unspecified atom stereocenters. The van der Waals surface area contributed by atoms with Crippen molar-refractivity contribution >= 4 is 11.9 Å². The molecule has 0 bridgehead atoms. The lowest BCUT2D eigenvalue weighted by molar-refractivity contribution is 0.0507. The van der Waals surface area contributed by atoms with Crippen LogP contribution in [-0.2, 0) is 4.74 Å². The molecule has 0 aromatic heterocycles. The number of amides is 1. The van der Waals surface area contributed by atoms with Crippen molar-refractivity contribution in [1.29, 1.82) is 0 Å². The van der Waals surface area contributed by atoms with Crippen molar-refractivity contribution in [3.63, 3.8) is 0 Å². The molecule has 2 fully saturated rings. The first-order valence-electron chi connectivity index (χ1n) is 10.2. The number of hydrogen-bond donors (Lipinski definition) is 0. The third kappa shape index (κ3) is 3.68. The zero-order chi connectivity index (χ0) is 19.7. The molecule has 4 heteroatoms. The number of hydrogen-bond acceptors (Lipinski definition) is 3. The standard InChI is InChI=1S/C24H27NO3/c1-3-28-24(27)18-10-8-17(9-11-18)23(26)25(20-12-13-20)21-14-19(15-21)22-7-5-4-6-16(22)2/h4-11,19-21H,3,12-15H2,1-2H3. The molecular formula is C24H27NO3. The highest BCUT2D eigenvalue weighted by atomic mass is 16.5. The summed E-state index contributed by atoms with van der Waals surface area (Å²) in [6.07, 6.45) is 4.26. The number of ether oxygens (including phenoxy) is 1. The predicted octanol–water partition coefficient (Wildman–Crippen LogP) is 4.72. The van der Waals surface area contributed by atoms with Gasteiger partial charge in [-0.25, -0.2) is 4.79 Å². The van der Waals surface area contributed by atoms with Crippen LogP contribution in [0.3, 0.4) is 0 Å². The van der Waals surface area contributed by atoms with Gasteiger partial charge in [0.15, 0.2) is 0 Å². The van der Waals surface area contributed by atoms with Crippen molar-refractivity contribution < 1.29 is 14.3 Å². The van der Waals surface area contributed by atoms with E-state index < -0.39 is 0 Å². The molecule has 0 heterocycles. The fraction of sp³-hybridized carbons (Fsp3) is 0.417. The Balaban J connectivity index is 1.45. The zero-order valence-corrected chi connectivity index (χ0v) is 16.6. The highest BCUT2D eigenvalue weighted by Gasteiger charge is 2.43. The molecule has 2 aromatic carbocycles. The van der Waals surface area contributed by atoms with Gasteiger partial charge < -0.3 is 9.64 Å². The van der Waals surface area contributed by atoms with Crippen molar-refractivity contribution in [2.75, 3.05) is 6.61 Å². The molecule has 28 heavy (non-hydrogen) atoms. The molecule has 4 rings (SSSR count). The molecule has 2 aromatic rings.